The number of para-hydroxylation sites is 1. The van der Waals surface area contributed by atoms with Gasteiger partial charge < -0.3 is 42.9 Å². The molecule has 138 valence electrons. The van der Waals surface area contributed by atoms with E-state index in [0.29, 0.717) is 23.3 Å². The van der Waals surface area contributed by atoms with E-state index in [1.54, 1.807) is 24.3 Å². The highest BCUT2D eigenvalue weighted by Gasteiger charge is 2.18. The summed E-state index contributed by atoms with van der Waals surface area (Å²) >= 11 is 0. The second-order valence-electron chi connectivity index (χ2n) is 6.06. The van der Waals surface area contributed by atoms with Gasteiger partial charge in [0.25, 0.3) is 5.91 Å². The van der Waals surface area contributed by atoms with Gasteiger partial charge in [-0.15, -0.1) is 0 Å². The summed E-state index contributed by atoms with van der Waals surface area (Å²) in [7, 11) is 3.65. The lowest BCUT2D eigenvalue weighted by atomic mass is 10.1. The van der Waals surface area contributed by atoms with Gasteiger partial charge in [-0.1, -0.05) is 12.1 Å². The van der Waals surface area contributed by atoms with E-state index in [1.165, 1.54) is 7.11 Å². The van der Waals surface area contributed by atoms with Crippen molar-refractivity contribution in [1.82, 2.24) is 5.32 Å². The van der Waals surface area contributed by atoms with Crippen LogP contribution in [0, 0.1) is 0 Å². The van der Waals surface area contributed by atoms with E-state index in [2.05, 4.69) is 26.2 Å². The number of nitrogens with one attached hydrogen (secondary N) is 1. The highest BCUT2D eigenvalue weighted by atomic mass is 127. The van der Waals surface area contributed by atoms with Crippen molar-refractivity contribution < 1.29 is 42.4 Å². The number of ether oxygens (including phenoxy) is 1. The third-order valence-corrected chi connectivity index (χ3v) is 4.65. The molecule has 2 rings (SSSR count). The van der Waals surface area contributed by atoms with Crippen LogP contribution < -0.4 is 39.7 Å². The summed E-state index contributed by atoms with van der Waals surface area (Å²) < 4.78 is 11.3. The van der Waals surface area contributed by atoms with Crippen LogP contribution in [0.2, 0.25) is 0 Å². The number of likely N-dealkylation sites (N-methyl/N-ethyl adjacent to an activating group) is 1. The van der Waals surface area contributed by atoms with E-state index in [4.69, 9.17) is 9.15 Å². The Hall–Kier alpha value is -1.61. The number of halogens is 1. The van der Waals surface area contributed by atoms with E-state index in [1.807, 2.05) is 0 Å². The first-order valence-corrected chi connectivity index (χ1v) is 8.16. The predicted molar refractivity (Wildman–Crippen MR) is 93.5 cm³/mol. The molecule has 1 aromatic carbocycles. The number of carbonyl (C=O) groups excluding carboxylic acids is 1. The quantitative estimate of drug-likeness (QED) is 0.328. The summed E-state index contributed by atoms with van der Waals surface area (Å²) in [5, 5.41) is 3.47. The molecule has 0 atom stereocenters. The highest BCUT2D eigenvalue weighted by molar-refractivity contribution is 5.97. The lowest BCUT2D eigenvalue weighted by Crippen LogP contribution is -3.00. The van der Waals surface area contributed by atoms with Crippen LogP contribution in [0.25, 0.3) is 11.0 Å². The van der Waals surface area contributed by atoms with Gasteiger partial charge in [0, 0.05) is 5.39 Å². The van der Waals surface area contributed by atoms with Crippen LogP contribution in [0.5, 0.6) is 5.75 Å². The third-order valence-electron chi connectivity index (χ3n) is 4.65. The first-order chi connectivity index (χ1) is 11.4. The van der Waals surface area contributed by atoms with Gasteiger partial charge in [0.1, 0.15) is 5.56 Å². The molecule has 0 unspecified atom stereocenters. The summed E-state index contributed by atoms with van der Waals surface area (Å²) in [5.41, 5.74) is -0.298. The minimum Gasteiger partial charge on any atom is -1.00 e. The molecule has 0 spiro atoms. The Morgan fingerprint density at radius 2 is 1.96 bits per heavy atom. The molecule has 1 N–H and O–H groups in total. The number of nitrogens with zero attached hydrogens (tertiary/aromatic N) is 1. The van der Waals surface area contributed by atoms with E-state index in [0.717, 1.165) is 24.1 Å². The van der Waals surface area contributed by atoms with Gasteiger partial charge in [-0.2, -0.15) is 0 Å². The fourth-order valence-corrected chi connectivity index (χ4v) is 2.51. The lowest BCUT2D eigenvalue weighted by Gasteiger charge is -2.32. The van der Waals surface area contributed by atoms with Crippen LogP contribution in [0.3, 0.4) is 0 Å². The minimum atomic E-state index is -0.660. The van der Waals surface area contributed by atoms with Crippen LogP contribution >= 0.6 is 0 Å². The van der Waals surface area contributed by atoms with Gasteiger partial charge in [-0.05, 0) is 26.0 Å². The fourth-order valence-electron chi connectivity index (χ4n) is 2.51. The smallest absolute Gasteiger partial charge is 0.349 e. The molecule has 0 aliphatic rings. The molecular weight excluding hydrogens is 435 g/mol. The molecule has 1 amide bonds. The lowest BCUT2D eigenvalue weighted by molar-refractivity contribution is -0.904. The maximum Gasteiger partial charge on any atom is 0.349 e. The van der Waals surface area contributed by atoms with Gasteiger partial charge >= 0.3 is 5.63 Å². The molecule has 25 heavy (non-hydrogen) atoms. The number of rotatable bonds is 7. The summed E-state index contributed by atoms with van der Waals surface area (Å²) in [6, 6.07) is 6.82. The van der Waals surface area contributed by atoms with Gasteiger partial charge in [0.15, 0.2) is 11.3 Å². The molecule has 0 saturated heterocycles. The number of carbonyl (C=O) groups is 1. The number of benzene rings is 1. The normalized spacial score (nSPS) is 11.0. The Morgan fingerprint density at radius 3 is 2.56 bits per heavy atom. The van der Waals surface area contributed by atoms with Crippen molar-refractivity contribution >= 4 is 16.9 Å². The standard InChI is InChI=1S/C18H24N2O4.HI/c1-5-20(3,6-2)11-10-19-17(21)14-12-13-8-7-9-15(23-4)16(13)24-18(14)22;/h7-9,12H,5-6,10-11H2,1-4H3;1H. The van der Waals surface area contributed by atoms with E-state index in [-0.39, 0.29) is 29.5 Å². The molecule has 0 aliphatic heterocycles. The van der Waals surface area contributed by atoms with Gasteiger partial charge in [-0.25, -0.2) is 4.79 Å². The van der Waals surface area contributed by atoms with Crippen LogP contribution in [0.15, 0.2) is 33.5 Å². The molecule has 7 heteroatoms. The van der Waals surface area contributed by atoms with Crippen molar-refractivity contribution in [3.63, 3.8) is 0 Å². The van der Waals surface area contributed by atoms with Gasteiger partial charge in [-0.3, -0.25) is 4.79 Å². The Balaban J connectivity index is 0.00000312. The monoisotopic (exact) mass is 460 g/mol. The first-order valence-electron chi connectivity index (χ1n) is 8.16. The van der Waals surface area contributed by atoms with Gasteiger partial charge in [0.2, 0.25) is 0 Å². The zero-order valence-corrected chi connectivity index (χ0v) is 17.3. The maximum atomic E-state index is 12.3. The Labute approximate surface area is 164 Å². The molecule has 1 heterocycles. The molecule has 0 aliphatic carbocycles. The number of hydrogen-bond donors (Lipinski definition) is 1. The molecule has 0 bridgehead atoms. The second kappa shape index (κ2) is 9.19. The summed E-state index contributed by atoms with van der Waals surface area (Å²) in [6.07, 6.45) is 0. The topological polar surface area (TPSA) is 68.5 Å². The van der Waals surface area contributed by atoms with Crippen LogP contribution in [-0.2, 0) is 0 Å². The number of methoxy groups -OCH3 is 1. The Morgan fingerprint density at radius 1 is 1.28 bits per heavy atom. The minimum absolute atomic E-state index is 0. The number of amides is 1. The van der Waals surface area contributed by atoms with Crippen molar-refractivity contribution in [2.45, 2.75) is 13.8 Å². The SMILES string of the molecule is CC[N+](C)(CC)CCNC(=O)c1cc2cccc(OC)c2oc1=O.[I-]. The van der Waals surface area contributed by atoms with Crippen molar-refractivity contribution in [3.8, 4) is 5.75 Å². The van der Waals surface area contributed by atoms with E-state index in [9.17, 15) is 9.59 Å². The van der Waals surface area contributed by atoms with Crippen molar-refractivity contribution in [3.05, 3.63) is 40.2 Å². The molecule has 6 nitrogen and oxygen atoms in total. The zero-order chi connectivity index (χ0) is 17.7. The van der Waals surface area contributed by atoms with Crippen molar-refractivity contribution in [2.24, 2.45) is 0 Å². The van der Waals surface area contributed by atoms with Crippen LogP contribution in [0.4, 0.5) is 0 Å². The summed E-state index contributed by atoms with van der Waals surface area (Å²) in [6.45, 7) is 7.54. The predicted octanol–water partition coefficient (Wildman–Crippen LogP) is -0.978. The average Bonchev–Trinajstić information content (AvgIpc) is 2.60. The Kier molecular flexibility index (Phi) is 7.88. The zero-order valence-electron chi connectivity index (χ0n) is 15.1. The second-order valence-corrected chi connectivity index (χ2v) is 6.06. The van der Waals surface area contributed by atoms with E-state index >= 15 is 0 Å². The van der Waals surface area contributed by atoms with E-state index < -0.39 is 11.5 Å². The maximum absolute atomic E-state index is 12.3. The molecule has 1 aromatic heterocycles. The first kappa shape index (κ1) is 21.4. The van der Waals surface area contributed by atoms with Crippen molar-refractivity contribution in [1.29, 1.82) is 0 Å². The number of hydrogen-bond acceptors (Lipinski definition) is 4. The van der Waals surface area contributed by atoms with Gasteiger partial charge in [0.05, 0.1) is 40.3 Å². The molecule has 0 fully saturated rings. The van der Waals surface area contributed by atoms with Crippen LogP contribution in [0.1, 0.15) is 24.2 Å². The third kappa shape index (κ3) is 4.94. The fraction of sp³-hybridized carbons (Fsp3) is 0.444. The molecule has 2 aromatic rings. The molecule has 0 radical (unpaired) electrons. The highest BCUT2D eigenvalue weighted by Crippen LogP contribution is 2.24. The average molecular weight is 460 g/mol. The number of fused-ring (bicyclic) bond motifs is 1. The largest absolute Gasteiger partial charge is 1.00 e. The molecular formula is C18H25IN2O4. The van der Waals surface area contributed by atoms with Crippen molar-refractivity contribution in [2.75, 3.05) is 40.3 Å². The summed E-state index contributed by atoms with van der Waals surface area (Å²) in [5.74, 6) is 0.0581. The van der Waals surface area contributed by atoms with Crippen LogP contribution in [-0.4, -0.2) is 50.7 Å². The number of quaternary nitrogens is 1. The summed E-state index contributed by atoms with van der Waals surface area (Å²) in [4.78, 5) is 24.4. The molecule has 0 saturated carbocycles. The Bertz CT molecular complexity index is 784.